The first-order valence-corrected chi connectivity index (χ1v) is 6.28. The second kappa shape index (κ2) is 5.81. The Balaban J connectivity index is 2.45. The third-order valence-electron chi connectivity index (χ3n) is 2.88. The van der Waals surface area contributed by atoms with Crippen molar-refractivity contribution in [3.05, 3.63) is 52.4 Å². The van der Waals surface area contributed by atoms with Gasteiger partial charge in [-0.05, 0) is 37.3 Å². The number of hydrogen-bond acceptors (Lipinski definition) is 4. The van der Waals surface area contributed by atoms with Crippen molar-refractivity contribution in [1.82, 2.24) is 0 Å². The molecule has 0 saturated carbocycles. The number of aryl methyl sites for hydroxylation is 1. The van der Waals surface area contributed by atoms with Gasteiger partial charge in [-0.1, -0.05) is 11.6 Å². The molecule has 0 saturated heterocycles. The van der Waals surface area contributed by atoms with Crippen LogP contribution in [0.15, 0.2) is 34.7 Å². The summed E-state index contributed by atoms with van der Waals surface area (Å²) in [6.45, 7) is 1.73. The number of methoxy groups -OCH3 is 1. The normalized spacial score (nSPS) is 11.7. The van der Waals surface area contributed by atoms with Crippen LogP contribution in [0.1, 0.15) is 27.8 Å². The smallest absolute Gasteiger partial charge is 0.219 e. The number of furan rings is 1. The van der Waals surface area contributed by atoms with Crippen LogP contribution in [-0.4, -0.2) is 12.9 Å². The van der Waals surface area contributed by atoms with Gasteiger partial charge in [-0.3, -0.25) is 4.79 Å². The Bertz CT molecular complexity index is 685. The van der Waals surface area contributed by atoms with Crippen molar-refractivity contribution < 1.29 is 13.9 Å². The number of nitrogens with zero attached hydrogens (tertiary/aromatic N) is 1. The number of nitriles is 1. The molecule has 5 heteroatoms. The van der Waals surface area contributed by atoms with Crippen molar-refractivity contribution >= 4 is 17.4 Å². The van der Waals surface area contributed by atoms with E-state index in [0.717, 1.165) is 0 Å². The third kappa shape index (κ3) is 2.68. The van der Waals surface area contributed by atoms with Crippen LogP contribution in [0, 0.1) is 18.3 Å². The number of benzene rings is 1. The van der Waals surface area contributed by atoms with E-state index < -0.39 is 11.7 Å². The first-order chi connectivity index (χ1) is 9.56. The van der Waals surface area contributed by atoms with E-state index in [1.165, 1.54) is 7.11 Å². The molecular weight excluding hydrogens is 278 g/mol. The summed E-state index contributed by atoms with van der Waals surface area (Å²) in [6, 6.07) is 10.0. The molecule has 0 fully saturated rings. The second-order valence-electron chi connectivity index (χ2n) is 4.22. The molecule has 0 spiro atoms. The van der Waals surface area contributed by atoms with Crippen LogP contribution in [-0.2, 0) is 0 Å². The highest BCUT2D eigenvalue weighted by molar-refractivity contribution is 6.30. The van der Waals surface area contributed by atoms with E-state index in [2.05, 4.69) is 0 Å². The Morgan fingerprint density at radius 2 is 2.15 bits per heavy atom. The van der Waals surface area contributed by atoms with E-state index in [9.17, 15) is 10.1 Å². The maximum Gasteiger partial charge on any atom is 0.219 e. The van der Waals surface area contributed by atoms with Gasteiger partial charge in [0.15, 0.2) is 5.76 Å². The van der Waals surface area contributed by atoms with Crippen molar-refractivity contribution in [2.45, 2.75) is 12.8 Å². The molecule has 4 nitrogen and oxygen atoms in total. The fourth-order valence-electron chi connectivity index (χ4n) is 1.91. The SMILES string of the molecule is COc1ccc(Cl)cc1C(C#N)C(=O)c1ccc(C)o1. The molecule has 2 rings (SSSR count). The van der Waals surface area contributed by atoms with Crippen LogP contribution in [0.25, 0.3) is 0 Å². The van der Waals surface area contributed by atoms with Crippen LogP contribution in [0.5, 0.6) is 5.75 Å². The maximum atomic E-state index is 12.4. The molecule has 0 aliphatic heterocycles. The minimum atomic E-state index is -1.02. The van der Waals surface area contributed by atoms with Gasteiger partial charge < -0.3 is 9.15 Å². The second-order valence-corrected chi connectivity index (χ2v) is 4.66. The van der Waals surface area contributed by atoms with Crippen LogP contribution in [0.4, 0.5) is 0 Å². The average molecular weight is 290 g/mol. The molecule has 2 aromatic rings. The van der Waals surface area contributed by atoms with Gasteiger partial charge in [-0.2, -0.15) is 5.26 Å². The first kappa shape index (κ1) is 14.2. The molecule has 0 aliphatic carbocycles. The zero-order chi connectivity index (χ0) is 14.7. The van der Waals surface area contributed by atoms with Crippen LogP contribution in [0.3, 0.4) is 0 Å². The van der Waals surface area contributed by atoms with Gasteiger partial charge >= 0.3 is 0 Å². The molecule has 0 bridgehead atoms. The fourth-order valence-corrected chi connectivity index (χ4v) is 2.09. The maximum absolute atomic E-state index is 12.4. The lowest BCUT2D eigenvalue weighted by molar-refractivity contribution is 0.0949. The summed E-state index contributed by atoms with van der Waals surface area (Å²) >= 11 is 5.93. The summed E-state index contributed by atoms with van der Waals surface area (Å²) in [7, 11) is 1.47. The molecule has 1 aromatic carbocycles. The first-order valence-electron chi connectivity index (χ1n) is 5.90. The highest BCUT2D eigenvalue weighted by Gasteiger charge is 2.27. The van der Waals surface area contributed by atoms with Gasteiger partial charge in [-0.15, -0.1) is 0 Å². The molecule has 1 unspecified atom stereocenters. The monoisotopic (exact) mass is 289 g/mol. The third-order valence-corrected chi connectivity index (χ3v) is 3.11. The highest BCUT2D eigenvalue weighted by atomic mass is 35.5. The van der Waals surface area contributed by atoms with Crippen LogP contribution in [0.2, 0.25) is 5.02 Å². The van der Waals surface area contributed by atoms with Crippen molar-refractivity contribution in [2.75, 3.05) is 7.11 Å². The number of ether oxygens (including phenoxy) is 1. The van der Waals surface area contributed by atoms with E-state index in [1.807, 2.05) is 6.07 Å². The van der Waals surface area contributed by atoms with Gasteiger partial charge in [-0.25, -0.2) is 0 Å². The van der Waals surface area contributed by atoms with E-state index in [4.69, 9.17) is 20.8 Å². The summed E-state index contributed by atoms with van der Waals surface area (Å²) in [5.74, 6) is -0.230. The lowest BCUT2D eigenvalue weighted by atomic mass is 9.94. The molecule has 1 heterocycles. The predicted octanol–water partition coefficient (Wildman–Crippen LogP) is 3.74. The molecule has 0 aliphatic rings. The Labute approximate surface area is 121 Å². The van der Waals surface area contributed by atoms with Crippen LogP contribution >= 0.6 is 11.6 Å². The molecule has 20 heavy (non-hydrogen) atoms. The number of ketones is 1. The summed E-state index contributed by atoms with van der Waals surface area (Å²) in [5.41, 5.74) is 0.432. The minimum absolute atomic E-state index is 0.149. The molecule has 0 radical (unpaired) electrons. The lowest BCUT2D eigenvalue weighted by Gasteiger charge is -2.12. The van der Waals surface area contributed by atoms with E-state index in [1.54, 1.807) is 37.3 Å². The topological polar surface area (TPSA) is 63.2 Å². The zero-order valence-corrected chi connectivity index (χ0v) is 11.8. The van der Waals surface area contributed by atoms with Crippen molar-refractivity contribution in [2.24, 2.45) is 0 Å². The van der Waals surface area contributed by atoms with E-state index >= 15 is 0 Å². The highest BCUT2D eigenvalue weighted by Crippen LogP contribution is 2.31. The predicted molar refractivity (Wildman–Crippen MR) is 74.1 cm³/mol. The van der Waals surface area contributed by atoms with E-state index in [-0.39, 0.29) is 5.76 Å². The van der Waals surface area contributed by atoms with Crippen molar-refractivity contribution in [3.8, 4) is 11.8 Å². The number of halogens is 1. The van der Waals surface area contributed by atoms with Gasteiger partial charge in [0.25, 0.3) is 0 Å². The van der Waals surface area contributed by atoms with Crippen molar-refractivity contribution in [1.29, 1.82) is 5.26 Å². The van der Waals surface area contributed by atoms with Crippen molar-refractivity contribution in [3.63, 3.8) is 0 Å². The quantitative estimate of drug-likeness (QED) is 0.804. The number of carbonyl (C=O) groups is 1. The minimum Gasteiger partial charge on any atom is -0.496 e. The largest absolute Gasteiger partial charge is 0.496 e. The summed E-state index contributed by atoms with van der Waals surface area (Å²) < 4.78 is 10.5. The molecule has 102 valence electrons. The van der Waals surface area contributed by atoms with Gasteiger partial charge in [0, 0.05) is 10.6 Å². The van der Waals surface area contributed by atoms with Gasteiger partial charge in [0.2, 0.25) is 5.78 Å². The molecule has 0 amide bonds. The summed E-state index contributed by atoms with van der Waals surface area (Å²) in [5, 5.41) is 9.75. The number of rotatable bonds is 4. The average Bonchev–Trinajstić information content (AvgIpc) is 2.86. The summed E-state index contributed by atoms with van der Waals surface area (Å²) in [6.07, 6.45) is 0. The molecular formula is C15H12ClNO3. The van der Waals surface area contributed by atoms with Gasteiger partial charge in [0.05, 0.1) is 13.2 Å². The fraction of sp³-hybridized carbons (Fsp3) is 0.200. The Kier molecular flexibility index (Phi) is 4.11. The number of carbonyl (C=O) groups excluding carboxylic acids is 1. The van der Waals surface area contributed by atoms with Gasteiger partial charge in [0.1, 0.15) is 17.4 Å². The molecule has 1 atom stereocenters. The summed E-state index contributed by atoms with van der Waals surface area (Å²) in [4.78, 5) is 12.4. The molecule has 0 N–H and O–H groups in total. The number of hydrogen-bond donors (Lipinski definition) is 0. The number of Topliss-reactive ketones (excluding diaryl/α,β-unsaturated/α-hetero) is 1. The zero-order valence-electron chi connectivity index (χ0n) is 11.0. The Morgan fingerprint density at radius 3 is 2.70 bits per heavy atom. The Morgan fingerprint density at radius 1 is 1.40 bits per heavy atom. The lowest BCUT2D eigenvalue weighted by Crippen LogP contribution is -2.11. The molecule has 1 aromatic heterocycles. The standard InChI is InChI=1S/C15H12ClNO3/c1-9-3-5-14(20-9)15(18)12(8-17)11-7-10(16)4-6-13(11)19-2/h3-7,12H,1-2H3. The van der Waals surface area contributed by atoms with Crippen LogP contribution < -0.4 is 4.74 Å². The Hall–Kier alpha value is -2.25. The van der Waals surface area contributed by atoms with E-state index in [0.29, 0.717) is 22.1 Å².